The number of aliphatic hydroxyl groups excluding tert-OH is 1. The lowest BCUT2D eigenvalue weighted by Gasteiger charge is -2.47. The minimum Gasteiger partial charge on any atom is -0.414 e. The summed E-state index contributed by atoms with van der Waals surface area (Å²) in [6, 6.07) is 10.3. The van der Waals surface area contributed by atoms with Gasteiger partial charge >= 0.3 is 33.2 Å². The highest BCUT2D eigenvalue weighted by Crippen LogP contribution is 2.58. The molecule has 1 amide bonds. The molecule has 1 aromatic carbocycles. The summed E-state index contributed by atoms with van der Waals surface area (Å²) in [4.78, 5) is 68.2. The van der Waals surface area contributed by atoms with E-state index in [2.05, 4.69) is 30.2 Å². The standard InChI is InChI=1S/C44H60FN9O16P2Si2/c1-24(2)73(61,25(3)4)70-74(26(5)6,27(7)8)69-33-30(18-55)65-42(53-17-29(45)31-38(53)48-22-50-41(31)57)34(33)68-72(60,63-16-12-15-46)64-20-44-19-62-35(36(44)67-71(58)59)43(66-44)54-23-51-32-37(47-21-49-39(32)54)52-40(56)28-13-10-9-11-14-28/h9-11,13-14,17,21-27,30,33-36,42-43,55,61,71H,12,16,18-20H2,1-8H3,(H,58,59)(H,48,50,57)(H,47,49,52,56)/t30-,33-,34-,35-,36+,42-,43-,44-,72?/m1/s1. The fourth-order valence-corrected chi connectivity index (χ4v) is 21.6. The van der Waals surface area contributed by atoms with E-state index in [4.69, 9.17) is 40.8 Å². The highest BCUT2D eigenvalue weighted by molar-refractivity contribution is 7.48. The van der Waals surface area contributed by atoms with Crippen LogP contribution in [-0.4, -0.2) is 134 Å². The zero-order chi connectivity index (χ0) is 53.5. The molecule has 7 heterocycles. The molecule has 3 aliphatic heterocycles. The van der Waals surface area contributed by atoms with Crippen LogP contribution in [0.2, 0.25) is 22.2 Å². The van der Waals surface area contributed by atoms with E-state index in [0.29, 0.717) is 5.56 Å². The van der Waals surface area contributed by atoms with Gasteiger partial charge < -0.3 is 56.9 Å². The molecule has 3 aliphatic rings. The van der Waals surface area contributed by atoms with Crippen molar-refractivity contribution >= 4 is 67.1 Å². The number of imidazole rings is 1. The van der Waals surface area contributed by atoms with Crippen molar-refractivity contribution in [3.05, 3.63) is 77.2 Å². The Balaban J connectivity index is 1.17. The molecule has 0 saturated carbocycles. The lowest BCUT2D eigenvalue weighted by atomic mass is 10.0. The normalized spacial score (nSPS) is 25.5. The van der Waals surface area contributed by atoms with E-state index >= 15 is 8.96 Å². The first-order valence-corrected chi connectivity index (χ1v) is 30.6. The minimum atomic E-state index is -5.15. The summed E-state index contributed by atoms with van der Waals surface area (Å²) < 4.78 is 104. The Bertz CT molecular complexity index is 2980. The lowest BCUT2D eigenvalue weighted by Crippen LogP contribution is -2.62. The van der Waals surface area contributed by atoms with Gasteiger partial charge in [0, 0.05) is 11.8 Å². The molecule has 4 aromatic heterocycles. The number of nitriles is 1. The second-order valence-electron chi connectivity index (χ2n) is 19.4. The number of fused-ring (bicyclic) bond motifs is 4. The Morgan fingerprint density at radius 1 is 1.03 bits per heavy atom. The van der Waals surface area contributed by atoms with Gasteiger partial charge in [0.25, 0.3) is 11.5 Å². The molecule has 25 nitrogen and oxygen atoms in total. The Morgan fingerprint density at radius 3 is 2.39 bits per heavy atom. The lowest BCUT2D eigenvalue weighted by molar-refractivity contribution is -0.184. The number of phosphoric ester groups is 1. The van der Waals surface area contributed by atoms with Gasteiger partial charge in [-0.25, -0.2) is 28.9 Å². The van der Waals surface area contributed by atoms with Gasteiger partial charge in [-0.15, -0.1) is 0 Å². The number of benzene rings is 1. The van der Waals surface area contributed by atoms with E-state index < -0.39 is 135 Å². The van der Waals surface area contributed by atoms with Crippen molar-refractivity contribution in [2.75, 3.05) is 31.7 Å². The minimum absolute atomic E-state index is 0.0644. The van der Waals surface area contributed by atoms with E-state index in [0.717, 1.165) is 17.1 Å². The molecule has 3 saturated heterocycles. The maximum Gasteiger partial charge on any atom is 0.475 e. The third-order valence-electron chi connectivity index (χ3n) is 13.5. The first-order chi connectivity index (χ1) is 35.1. The highest BCUT2D eigenvalue weighted by atomic mass is 31.2. The third kappa shape index (κ3) is 10.5. The second-order valence-corrected chi connectivity index (χ2v) is 30.4. The Hall–Kier alpha value is -4.51. The number of carbonyl (C=O) groups is 1. The van der Waals surface area contributed by atoms with Crippen molar-refractivity contribution < 1.29 is 74.0 Å². The number of ether oxygens (including phenoxy) is 3. The molecule has 2 unspecified atom stereocenters. The van der Waals surface area contributed by atoms with Crippen LogP contribution >= 0.6 is 16.1 Å². The van der Waals surface area contributed by atoms with Crippen molar-refractivity contribution in [3.63, 3.8) is 0 Å². The van der Waals surface area contributed by atoms with Crippen LogP contribution in [0.25, 0.3) is 22.2 Å². The number of aliphatic hydroxyl groups is 1. The SMILES string of the molecule is CC(C)[Si](O)(O[Si](O[C@H]1[C@@H](OP(=O)(OCCC#N)OC[C@@]23CO[C@@H]([C@H](n4cnc5c(NC(=O)c6ccccc6)ncnc54)O2)[C@@H]3O[PH](=O)O)[C@H](n2cc(F)c3c(=O)[nH]cnc32)O[C@@H]1CO)(C(C)C)C(C)C)C(C)C. The summed E-state index contributed by atoms with van der Waals surface area (Å²) in [6.07, 6.45) is -5.71. The number of amides is 1. The van der Waals surface area contributed by atoms with Gasteiger partial charge in [0.15, 0.2) is 40.9 Å². The smallest absolute Gasteiger partial charge is 0.414 e. The Labute approximate surface area is 426 Å². The number of carbonyl (C=O) groups excluding carboxylic acids is 1. The number of aromatic amines is 1. The molecule has 5 N–H and O–H groups in total. The monoisotopic (exact) mass is 1110 g/mol. The van der Waals surface area contributed by atoms with Gasteiger partial charge in [0.2, 0.25) is 0 Å². The predicted octanol–water partition coefficient (Wildman–Crippen LogP) is 5.64. The van der Waals surface area contributed by atoms with Crippen LogP contribution < -0.4 is 10.9 Å². The van der Waals surface area contributed by atoms with Crippen molar-refractivity contribution in [1.82, 2.24) is 34.1 Å². The number of rotatable bonds is 23. The summed E-state index contributed by atoms with van der Waals surface area (Å²) in [6.45, 7) is 12.5. The number of anilines is 1. The number of aromatic nitrogens is 7. The number of nitrogens with one attached hydrogen (secondary N) is 2. The predicted molar refractivity (Wildman–Crippen MR) is 264 cm³/mol. The summed E-state index contributed by atoms with van der Waals surface area (Å²) >= 11 is 0. The number of hydrogen-bond donors (Lipinski definition) is 5. The molecule has 402 valence electrons. The summed E-state index contributed by atoms with van der Waals surface area (Å²) in [5.74, 6) is -1.41. The third-order valence-corrected chi connectivity index (χ3v) is 25.2. The van der Waals surface area contributed by atoms with Crippen LogP contribution in [0, 0.1) is 17.1 Å². The largest absolute Gasteiger partial charge is 0.475 e. The average molecular weight is 1110 g/mol. The van der Waals surface area contributed by atoms with Crippen molar-refractivity contribution in [2.45, 2.75) is 133 Å². The van der Waals surface area contributed by atoms with Crippen LogP contribution in [0.3, 0.4) is 0 Å². The van der Waals surface area contributed by atoms with Crippen molar-refractivity contribution in [3.8, 4) is 6.07 Å². The Kier molecular flexibility index (Phi) is 16.7. The van der Waals surface area contributed by atoms with Crippen molar-refractivity contribution in [2.24, 2.45) is 0 Å². The van der Waals surface area contributed by atoms with E-state index in [1.807, 2.05) is 61.5 Å². The van der Waals surface area contributed by atoms with Gasteiger partial charge in [-0.2, -0.15) is 5.26 Å². The molecular weight excluding hydrogens is 1050 g/mol. The number of phosphoric acid groups is 1. The number of nitrogens with zero attached hydrogens (tertiary/aromatic N) is 7. The fourth-order valence-electron chi connectivity index (χ4n) is 9.69. The molecule has 5 aromatic rings. The van der Waals surface area contributed by atoms with E-state index in [1.165, 1.54) is 17.2 Å². The molecule has 8 rings (SSSR count). The number of hydrogen-bond acceptors (Lipinski definition) is 20. The molecular formula is C44H60FN9O16P2Si2. The topological polar surface area (TPSA) is 325 Å². The zero-order valence-electron chi connectivity index (χ0n) is 41.7. The first-order valence-electron chi connectivity index (χ1n) is 23.9. The summed E-state index contributed by atoms with van der Waals surface area (Å²) in [5, 5.41) is 22.9. The van der Waals surface area contributed by atoms with Gasteiger partial charge in [-0.1, -0.05) is 73.6 Å². The van der Waals surface area contributed by atoms with E-state index in [9.17, 15) is 34.2 Å². The number of H-pyrrole nitrogens is 1. The van der Waals surface area contributed by atoms with Gasteiger partial charge in [-0.05, 0) is 34.3 Å². The molecule has 0 aliphatic carbocycles. The van der Waals surface area contributed by atoms with Gasteiger partial charge in [-0.3, -0.25) is 32.3 Å². The van der Waals surface area contributed by atoms with Crippen LogP contribution in [0.15, 0.2) is 60.3 Å². The first kappa shape index (κ1) is 55.7. The Morgan fingerprint density at radius 2 is 1.74 bits per heavy atom. The van der Waals surface area contributed by atoms with E-state index in [-0.39, 0.29) is 46.7 Å². The highest BCUT2D eigenvalue weighted by Gasteiger charge is 2.66. The molecule has 2 bridgehead atoms. The summed E-state index contributed by atoms with van der Waals surface area (Å²) in [7, 11) is -16.3. The maximum atomic E-state index is 15.8. The van der Waals surface area contributed by atoms with Crippen LogP contribution in [0.5, 0.6) is 0 Å². The molecule has 74 heavy (non-hydrogen) atoms. The average Bonchev–Trinajstić information content (AvgIpc) is 4.17. The van der Waals surface area contributed by atoms with Crippen molar-refractivity contribution in [1.29, 1.82) is 5.26 Å². The van der Waals surface area contributed by atoms with Gasteiger partial charge in [0.1, 0.15) is 47.8 Å². The summed E-state index contributed by atoms with van der Waals surface area (Å²) in [5.41, 5.74) is -3.66. The zero-order valence-corrected chi connectivity index (χ0v) is 45.6. The van der Waals surface area contributed by atoms with Crippen LogP contribution in [-0.2, 0) is 50.0 Å². The van der Waals surface area contributed by atoms with E-state index in [1.54, 1.807) is 30.3 Å². The van der Waals surface area contributed by atoms with Crippen LogP contribution in [0.1, 0.15) is 84.6 Å². The fraction of sp³-hybridized carbons (Fsp3) is 0.568. The van der Waals surface area contributed by atoms with Gasteiger partial charge in [0.05, 0.1) is 51.6 Å². The maximum absolute atomic E-state index is 15.8. The molecule has 0 radical (unpaired) electrons. The quantitative estimate of drug-likeness (QED) is 0.0300. The molecule has 30 heteroatoms. The van der Waals surface area contributed by atoms with Crippen LogP contribution in [0.4, 0.5) is 10.2 Å². The second kappa shape index (κ2) is 22.2. The molecule has 0 spiro atoms. The number of halogens is 1. The molecule has 10 atom stereocenters. The molecule has 3 fully saturated rings.